The van der Waals surface area contributed by atoms with Crippen molar-refractivity contribution < 1.29 is 9.59 Å². The third-order valence-corrected chi connectivity index (χ3v) is 7.00. The molecule has 1 heterocycles. The summed E-state index contributed by atoms with van der Waals surface area (Å²) in [6.07, 6.45) is 0.423. The van der Waals surface area contributed by atoms with E-state index in [4.69, 9.17) is 23.2 Å². The summed E-state index contributed by atoms with van der Waals surface area (Å²) in [5.74, 6) is -0.791. The first-order valence-electron chi connectivity index (χ1n) is 10.4. The number of halogens is 2. The van der Waals surface area contributed by atoms with Crippen molar-refractivity contribution in [3.05, 3.63) is 105 Å². The van der Waals surface area contributed by atoms with E-state index < -0.39 is 11.2 Å². The molecule has 5 nitrogen and oxygen atoms in total. The van der Waals surface area contributed by atoms with E-state index in [1.165, 1.54) is 16.7 Å². The number of thioether (sulfide) groups is 1. The number of aryl methyl sites for hydroxylation is 1. The van der Waals surface area contributed by atoms with Crippen molar-refractivity contribution in [2.75, 3.05) is 10.2 Å². The highest BCUT2D eigenvalue weighted by molar-refractivity contribution is 8.05. The number of nitriles is 1. The van der Waals surface area contributed by atoms with Crippen molar-refractivity contribution in [2.45, 2.75) is 18.6 Å². The third kappa shape index (κ3) is 5.28. The largest absolute Gasteiger partial charge is 0.321 e. The van der Waals surface area contributed by atoms with E-state index in [0.717, 1.165) is 11.1 Å². The van der Waals surface area contributed by atoms with Gasteiger partial charge in [-0.05, 0) is 67.4 Å². The first kappa shape index (κ1) is 23.9. The fourth-order valence-corrected chi connectivity index (χ4v) is 5.04. The van der Waals surface area contributed by atoms with Crippen LogP contribution >= 0.6 is 35.0 Å². The van der Waals surface area contributed by atoms with Gasteiger partial charge in [-0.3, -0.25) is 14.5 Å². The molecule has 0 saturated carbocycles. The molecule has 1 fully saturated rings. The van der Waals surface area contributed by atoms with Crippen LogP contribution in [0.15, 0.2) is 83.4 Å². The highest BCUT2D eigenvalue weighted by atomic mass is 35.5. The Labute approximate surface area is 212 Å². The van der Waals surface area contributed by atoms with Crippen molar-refractivity contribution in [1.82, 2.24) is 0 Å². The van der Waals surface area contributed by atoms with Crippen molar-refractivity contribution in [1.29, 1.82) is 5.26 Å². The number of benzene rings is 3. The predicted molar refractivity (Wildman–Crippen MR) is 138 cm³/mol. The van der Waals surface area contributed by atoms with Crippen LogP contribution in [0.1, 0.15) is 11.1 Å². The standard InChI is InChI=1S/C26H19Cl2N3O2S/c1-16-2-10-20(11-3-16)30-24(32)22(15-29)26-31(21-12-8-19(28)9-13-21)25(33)23(34-26)14-17-4-6-18(27)7-5-17/h2-13,23H,14H2,1H3,(H,30,32)/b26-22-/t23-/m0/s1. The minimum absolute atomic E-state index is 0.132. The van der Waals surface area contributed by atoms with Gasteiger partial charge in [-0.1, -0.05) is 64.8 Å². The fraction of sp³-hybridized carbons (Fsp3) is 0.115. The number of anilines is 2. The monoisotopic (exact) mass is 507 g/mol. The molecule has 0 aliphatic carbocycles. The van der Waals surface area contributed by atoms with E-state index in [-0.39, 0.29) is 11.5 Å². The van der Waals surface area contributed by atoms with Crippen molar-refractivity contribution in [2.24, 2.45) is 0 Å². The molecule has 8 heteroatoms. The minimum atomic E-state index is -0.576. The van der Waals surface area contributed by atoms with Crippen LogP contribution < -0.4 is 10.2 Å². The van der Waals surface area contributed by atoms with Gasteiger partial charge in [0.15, 0.2) is 0 Å². The van der Waals surface area contributed by atoms with Gasteiger partial charge in [0, 0.05) is 21.4 Å². The van der Waals surface area contributed by atoms with Gasteiger partial charge >= 0.3 is 0 Å². The van der Waals surface area contributed by atoms with Crippen LogP contribution in [0.5, 0.6) is 0 Å². The summed E-state index contributed by atoms with van der Waals surface area (Å²) in [5, 5.41) is 13.6. The maximum atomic E-state index is 13.5. The van der Waals surface area contributed by atoms with Crippen LogP contribution in [-0.4, -0.2) is 17.1 Å². The molecule has 0 aromatic heterocycles. The van der Waals surface area contributed by atoms with Gasteiger partial charge in [-0.25, -0.2) is 0 Å². The molecule has 0 unspecified atom stereocenters. The van der Waals surface area contributed by atoms with Crippen LogP contribution in [0.2, 0.25) is 10.0 Å². The maximum Gasteiger partial charge on any atom is 0.269 e. The van der Waals surface area contributed by atoms with E-state index in [1.54, 1.807) is 48.5 Å². The molecule has 1 aliphatic heterocycles. The Bertz CT molecular complexity index is 1300. The summed E-state index contributed by atoms with van der Waals surface area (Å²) in [7, 11) is 0. The zero-order chi connectivity index (χ0) is 24.2. The Hall–Kier alpha value is -3.24. The number of rotatable bonds is 5. The highest BCUT2D eigenvalue weighted by Gasteiger charge is 2.40. The van der Waals surface area contributed by atoms with Gasteiger partial charge in [-0.15, -0.1) is 0 Å². The molecule has 1 N–H and O–H groups in total. The lowest BCUT2D eigenvalue weighted by atomic mass is 10.1. The van der Waals surface area contributed by atoms with Gasteiger partial charge in [-0.2, -0.15) is 5.26 Å². The van der Waals surface area contributed by atoms with Crippen molar-refractivity contribution in [3.63, 3.8) is 0 Å². The van der Waals surface area contributed by atoms with Crippen LogP contribution in [0.4, 0.5) is 11.4 Å². The molecular weight excluding hydrogens is 489 g/mol. The number of nitrogens with one attached hydrogen (secondary N) is 1. The molecule has 3 aromatic carbocycles. The zero-order valence-electron chi connectivity index (χ0n) is 18.1. The summed E-state index contributed by atoms with van der Waals surface area (Å²) in [5.41, 5.74) is 2.94. The first-order chi connectivity index (χ1) is 16.4. The van der Waals surface area contributed by atoms with Crippen molar-refractivity contribution >= 4 is 58.2 Å². The average Bonchev–Trinajstić information content (AvgIpc) is 3.13. The van der Waals surface area contributed by atoms with E-state index in [0.29, 0.717) is 32.9 Å². The zero-order valence-corrected chi connectivity index (χ0v) is 20.4. The summed E-state index contributed by atoms with van der Waals surface area (Å²) < 4.78 is 0. The highest BCUT2D eigenvalue weighted by Crippen LogP contribution is 2.42. The normalized spacial score (nSPS) is 16.8. The molecule has 4 rings (SSSR count). The van der Waals surface area contributed by atoms with Gasteiger partial charge in [0.2, 0.25) is 5.91 Å². The molecule has 34 heavy (non-hydrogen) atoms. The predicted octanol–water partition coefficient (Wildman–Crippen LogP) is 6.37. The molecule has 170 valence electrons. The van der Waals surface area contributed by atoms with Crippen LogP contribution in [-0.2, 0) is 16.0 Å². The summed E-state index contributed by atoms with van der Waals surface area (Å²) in [4.78, 5) is 28.0. The topological polar surface area (TPSA) is 73.2 Å². The van der Waals surface area contributed by atoms with Crippen molar-refractivity contribution in [3.8, 4) is 6.07 Å². The van der Waals surface area contributed by atoms with Gasteiger partial charge in [0.05, 0.1) is 5.25 Å². The Kier molecular flexibility index (Phi) is 7.28. The smallest absolute Gasteiger partial charge is 0.269 e. The molecule has 2 amide bonds. The van der Waals surface area contributed by atoms with Gasteiger partial charge in [0.1, 0.15) is 16.7 Å². The van der Waals surface area contributed by atoms with E-state index in [9.17, 15) is 14.9 Å². The van der Waals surface area contributed by atoms with Crippen LogP contribution in [0.25, 0.3) is 0 Å². The second-order valence-corrected chi connectivity index (χ2v) is 9.76. The third-order valence-electron chi connectivity index (χ3n) is 5.23. The van der Waals surface area contributed by atoms with E-state index in [1.807, 2.05) is 37.3 Å². The Balaban J connectivity index is 1.71. The van der Waals surface area contributed by atoms with Gasteiger partial charge < -0.3 is 5.32 Å². The molecule has 3 aromatic rings. The van der Waals surface area contributed by atoms with Gasteiger partial charge in [0.25, 0.3) is 5.91 Å². The molecule has 1 atom stereocenters. The lowest BCUT2D eigenvalue weighted by molar-refractivity contribution is -0.117. The molecule has 1 aliphatic rings. The van der Waals surface area contributed by atoms with Crippen LogP contribution in [0, 0.1) is 18.3 Å². The maximum absolute atomic E-state index is 13.5. The second kappa shape index (κ2) is 10.4. The molecule has 0 radical (unpaired) electrons. The number of carbonyl (C=O) groups is 2. The van der Waals surface area contributed by atoms with E-state index in [2.05, 4.69) is 5.32 Å². The molecular formula is C26H19Cl2N3O2S. The van der Waals surface area contributed by atoms with Crippen LogP contribution in [0.3, 0.4) is 0 Å². The Morgan fingerprint density at radius 2 is 1.59 bits per heavy atom. The molecule has 1 saturated heterocycles. The Morgan fingerprint density at radius 1 is 1.00 bits per heavy atom. The minimum Gasteiger partial charge on any atom is -0.321 e. The quantitative estimate of drug-likeness (QED) is 0.321. The lowest BCUT2D eigenvalue weighted by Gasteiger charge is -2.19. The summed E-state index contributed by atoms with van der Waals surface area (Å²) >= 11 is 13.2. The van der Waals surface area contributed by atoms with E-state index >= 15 is 0 Å². The lowest BCUT2D eigenvalue weighted by Crippen LogP contribution is -2.30. The molecule has 0 spiro atoms. The number of amides is 2. The summed E-state index contributed by atoms with van der Waals surface area (Å²) in [6, 6.07) is 23.2. The first-order valence-corrected chi connectivity index (χ1v) is 12.0. The molecule has 0 bridgehead atoms. The number of hydrogen-bond donors (Lipinski definition) is 1. The SMILES string of the molecule is Cc1ccc(NC(=O)/C(C#N)=C2\S[C@@H](Cc3ccc(Cl)cc3)C(=O)N2c2ccc(Cl)cc2)cc1. The number of nitrogens with zero attached hydrogens (tertiary/aromatic N) is 2. The number of hydrogen-bond acceptors (Lipinski definition) is 4. The summed E-state index contributed by atoms with van der Waals surface area (Å²) in [6.45, 7) is 1.94. The second-order valence-electron chi connectivity index (χ2n) is 7.70. The Morgan fingerprint density at radius 3 is 2.18 bits per heavy atom. The number of carbonyl (C=O) groups excluding carboxylic acids is 2. The average molecular weight is 508 g/mol. The fourth-order valence-electron chi connectivity index (χ4n) is 3.48.